The SMILES string of the molecule is C=C1CSCC(OCCOc2ccccc2)CSC1. The van der Waals surface area contributed by atoms with Crippen molar-refractivity contribution in [3.8, 4) is 5.75 Å². The molecule has 104 valence electrons. The van der Waals surface area contributed by atoms with Gasteiger partial charge in [-0.15, -0.1) is 0 Å². The zero-order valence-electron chi connectivity index (χ0n) is 11.0. The van der Waals surface area contributed by atoms with Gasteiger partial charge in [0.05, 0.1) is 12.7 Å². The van der Waals surface area contributed by atoms with Gasteiger partial charge in [0.15, 0.2) is 0 Å². The lowest BCUT2D eigenvalue weighted by Gasteiger charge is -2.20. The first kappa shape index (κ1) is 14.8. The van der Waals surface area contributed by atoms with E-state index in [-0.39, 0.29) is 0 Å². The fraction of sp³-hybridized carbons (Fsp3) is 0.467. The van der Waals surface area contributed by atoms with Gasteiger partial charge < -0.3 is 9.47 Å². The topological polar surface area (TPSA) is 18.5 Å². The molecule has 0 bridgehead atoms. The van der Waals surface area contributed by atoms with E-state index < -0.39 is 0 Å². The van der Waals surface area contributed by atoms with Crippen molar-refractivity contribution in [3.05, 3.63) is 42.5 Å². The van der Waals surface area contributed by atoms with Crippen molar-refractivity contribution in [2.75, 3.05) is 36.2 Å². The second-order valence-corrected chi connectivity index (χ2v) is 6.50. The molecule has 0 radical (unpaired) electrons. The van der Waals surface area contributed by atoms with Crippen LogP contribution in [0.25, 0.3) is 0 Å². The Hall–Kier alpha value is -0.580. The van der Waals surface area contributed by atoms with Crippen molar-refractivity contribution < 1.29 is 9.47 Å². The molecule has 1 saturated heterocycles. The van der Waals surface area contributed by atoms with E-state index in [4.69, 9.17) is 9.47 Å². The average molecular weight is 296 g/mol. The summed E-state index contributed by atoms with van der Waals surface area (Å²) in [6.45, 7) is 5.32. The first-order chi connectivity index (χ1) is 9.34. The van der Waals surface area contributed by atoms with Crippen LogP contribution in [0.2, 0.25) is 0 Å². The summed E-state index contributed by atoms with van der Waals surface area (Å²) in [5, 5.41) is 0. The predicted molar refractivity (Wildman–Crippen MR) is 85.5 cm³/mol. The quantitative estimate of drug-likeness (QED) is 0.611. The summed E-state index contributed by atoms with van der Waals surface area (Å²) in [6, 6.07) is 9.87. The standard InChI is InChI=1S/C15H20O2S2/c1-13-9-18-11-15(12-19-10-13)17-8-7-16-14-5-3-2-4-6-14/h2-6,15H,1,7-12H2. The molecule has 2 nitrogen and oxygen atoms in total. The van der Waals surface area contributed by atoms with Gasteiger partial charge in [-0.2, -0.15) is 23.5 Å². The van der Waals surface area contributed by atoms with Crippen LogP contribution < -0.4 is 4.74 Å². The normalized spacial score (nSPS) is 17.8. The Kier molecular flexibility index (Phi) is 6.68. The molecule has 0 unspecified atom stereocenters. The largest absolute Gasteiger partial charge is 0.491 e. The number of hydrogen-bond acceptors (Lipinski definition) is 4. The molecule has 1 aromatic carbocycles. The van der Waals surface area contributed by atoms with Crippen molar-refractivity contribution >= 4 is 23.5 Å². The van der Waals surface area contributed by atoms with Crippen molar-refractivity contribution in [1.82, 2.24) is 0 Å². The highest BCUT2D eigenvalue weighted by Crippen LogP contribution is 2.21. The number of benzene rings is 1. The van der Waals surface area contributed by atoms with Crippen LogP contribution >= 0.6 is 23.5 Å². The van der Waals surface area contributed by atoms with Crippen molar-refractivity contribution in [1.29, 1.82) is 0 Å². The van der Waals surface area contributed by atoms with Gasteiger partial charge in [-0.25, -0.2) is 0 Å². The molecule has 1 aliphatic rings. The maximum atomic E-state index is 5.88. The zero-order valence-corrected chi connectivity index (χ0v) is 12.7. The minimum absolute atomic E-state index is 0.336. The van der Waals surface area contributed by atoms with Gasteiger partial charge in [0.2, 0.25) is 0 Å². The Morgan fingerprint density at radius 1 is 1.05 bits per heavy atom. The molecule has 2 rings (SSSR count). The van der Waals surface area contributed by atoms with Crippen molar-refractivity contribution in [2.24, 2.45) is 0 Å². The molecule has 4 heteroatoms. The van der Waals surface area contributed by atoms with Gasteiger partial charge in [0.25, 0.3) is 0 Å². The molecule has 0 amide bonds. The van der Waals surface area contributed by atoms with E-state index in [9.17, 15) is 0 Å². The fourth-order valence-corrected chi connectivity index (χ4v) is 4.00. The van der Waals surface area contributed by atoms with Crippen LogP contribution in [-0.2, 0) is 4.74 Å². The lowest BCUT2D eigenvalue weighted by molar-refractivity contribution is 0.0604. The number of ether oxygens (including phenoxy) is 2. The van der Waals surface area contributed by atoms with Crippen LogP contribution in [0.15, 0.2) is 42.5 Å². The summed E-state index contributed by atoms with van der Waals surface area (Å²) in [6.07, 6.45) is 0.336. The number of para-hydroxylation sites is 1. The maximum absolute atomic E-state index is 5.88. The minimum Gasteiger partial charge on any atom is -0.491 e. The number of thioether (sulfide) groups is 2. The highest BCUT2D eigenvalue weighted by molar-refractivity contribution is 8.01. The van der Waals surface area contributed by atoms with Gasteiger partial charge >= 0.3 is 0 Å². The van der Waals surface area contributed by atoms with Crippen LogP contribution in [0.3, 0.4) is 0 Å². The van der Waals surface area contributed by atoms with Crippen LogP contribution in [0.1, 0.15) is 0 Å². The summed E-state index contributed by atoms with van der Waals surface area (Å²) >= 11 is 3.84. The lowest BCUT2D eigenvalue weighted by atomic mass is 10.3. The second kappa shape index (κ2) is 8.56. The molecule has 19 heavy (non-hydrogen) atoms. The third kappa shape index (κ3) is 5.93. The molecule has 0 aliphatic carbocycles. The van der Waals surface area contributed by atoms with Gasteiger partial charge in [0, 0.05) is 23.0 Å². The van der Waals surface area contributed by atoms with Gasteiger partial charge in [-0.1, -0.05) is 30.4 Å². The fourth-order valence-electron chi connectivity index (χ4n) is 1.75. The van der Waals surface area contributed by atoms with Gasteiger partial charge in [-0.3, -0.25) is 0 Å². The van der Waals surface area contributed by atoms with Crippen molar-refractivity contribution in [2.45, 2.75) is 6.10 Å². The zero-order chi connectivity index (χ0) is 13.3. The van der Waals surface area contributed by atoms with E-state index in [0.29, 0.717) is 19.3 Å². The summed E-state index contributed by atoms with van der Waals surface area (Å²) in [5.41, 5.74) is 1.33. The van der Waals surface area contributed by atoms with Crippen LogP contribution in [-0.4, -0.2) is 42.3 Å². The lowest BCUT2D eigenvalue weighted by Crippen LogP contribution is -2.24. The molecule has 1 heterocycles. The van der Waals surface area contributed by atoms with Crippen LogP contribution in [0.4, 0.5) is 0 Å². The Bertz CT molecular complexity index is 369. The molecule has 0 N–H and O–H groups in total. The monoisotopic (exact) mass is 296 g/mol. The summed E-state index contributed by atoms with van der Waals surface area (Å²) in [4.78, 5) is 0. The predicted octanol–water partition coefficient (Wildman–Crippen LogP) is 3.49. The number of hydrogen-bond donors (Lipinski definition) is 0. The minimum atomic E-state index is 0.336. The first-order valence-corrected chi connectivity index (χ1v) is 8.77. The van der Waals surface area contributed by atoms with Crippen LogP contribution in [0, 0.1) is 0 Å². The molecular weight excluding hydrogens is 276 g/mol. The summed E-state index contributed by atoms with van der Waals surface area (Å²) in [7, 11) is 0. The van der Waals surface area contributed by atoms with Crippen molar-refractivity contribution in [3.63, 3.8) is 0 Å². The Morgan fingerprint density at radius 3 is 2.42 bits per heavy atom. The highest BCUT2D eigenvalue weighted by atomic mass is 32.2. The molecule has 0 spiro atoms. The van der Waals surface area contributed by atoms with E-state index in [1.807, 2.05) is 53.9 Å². The second-order valence-electron chi connectivity index (χ2n) is 4.43. The van der Waals surface area contributed by atoms with E-state index >= 15 is 0 Å². The molecule has 0 aromatic heterocycles. The third-order valence-electron chi connectivity index (χ3n) is 2.67. The Balaban J connectivity index is 1.61. The molecule has 1 aliphatic heterocycles. The van der Waals surface area contributed by atoms with E-state index in [1.54, 1.807) is 0 Å². The highest BCUT2D eigenvalue weighted by Gasteiger charge is 2.13. The van der Waals surface area contributed by atoms with Gasteiger partial charge in [0.1, 0.15) is 12.4 Å². The summed E-state index contributed by atoms with van der Waals surface area (Å²) < 4.78 is 11.5. The average Bonchev–Trinajstić information content (AvgIpc) is 2.41. The molecular formula is C15H20O2S2. The Labute approximate surface area is 123 Å². The molecule has 1 aromatic rings. The maximum Gasteiger partial charge on any atom is 0.119 e. The molecule has 0 atom stereocenters. The number of rotatable bonds is 5. The Morgan fingerprint density at radius 2 is 1.74 bits per heavy atom. The van der Waals surface area contributed by atoms with E-state index in [0.717, 1.165) is 28.8 Å². The summed E-state index contributed by atoms with van der Waals surface area (Å²) in [5.74, 6) is 5.14. The smallest absolute Gasteiger partial charge is 0.119 e. The first-order valence-electron chi connectivity index (χ1n) is 6.46. The molecule has 1 fully saturated rings. The van der Waals surface area contributed by atoms with E-state index in [1.165, 1.54) is 5.57 Å². The van der Waals surface area contributed by atoms with E-state index in [2.05, 4.69) is 6.58 Å². The third-order valence-corrected chi connectivity index (χ3v) is 5.11. The van der Waals surface area contributed by atoms with Gasteiger partial charge in [-0.05, 0) is 12.1 Å². The van der Waals surface area contributed by atoms with Crippen LogP contribution in [0.5, 0.6) is 5.75 Å². The molecule has 0 saturated carbocycles.